The van der Waals surface area contributed by atoms with Gasteiger partial charge in [0.25, 0.3) is 5.91 Å². The van der Waals surface area contributed by atoms with Gasteiger partial charge in [-0.05, 0) is 38.3 Å². The molecule has 2 amide bonds. The molecule has 144 valence electrons. The normalized spacial score (nSPS) is 14.8. The van der Waals surface area contributed by atoms with Crippen LogP contribution in [0.15, 0.2) is 18.3 Å². The van der Waals surface area contributed by atoms with E-state index in [2.05, 4.69) is 22.1 Å². The number of unbranched alkanes of at least 4 members (excludes halogenated alkanes) is 1. The van der Waals surface area contributed by atoms with E-state index < -0.39 is 0 Å². The van der Waals surface area contributed by atoms with Crippen LogP contribution in [0.1, 0.15) is 49.9 Å². The molecule has 0 atom stereocenters. The highest BCUT2D eigenvalue weighted by Crippen LogP contribution is 2.14. The van der Waals surface area contributed by atoms with E-state index in [1.807, 2.05) is 19.2 Å². The minimum atomic E-state index is -0.274. The van der Waals surface area contributed by atoms with E-state index in [1.54, 1.807) is 18.0 Å². The Hall–Kier alpha value is -2.31. The molecule has 0 radical (unpaired) electrons. The number of amides is 2. The van der Waals surface area contributed by atoms with Gasteiger partial charge >= 0.3 is 6.09 Å². The molecule has 26 heavy (non-hydrogen) atoms. The molecule has 0 saturated carbocycles. The van der Waals surface area contributed by atoms with Crippen molar-refractivity contribution in [3.8, 4) is 0 Å². The van der Waals surface area contributed by atoms with Crippen LogP contribution < -0.4 is 10.2 Å². The van der Waals surface area contributed by atoms with Gasteiger partial charge < -0.3 is 19.9 Å². The molecule has 2 heterocycles. The number of hydrogen-bond donors (Lipinski definition) is 1. The number of ether oxygens (including phenoxy) is 1. The summed E-state index contributed by atoms with van der Waals surface area (Å²) in [6.07, 6.45) is 5.07. The molecule has 0 aliphatic carbocycles. The molecule has 7 nitrogen and oxygen atoms in total. The molecule has 0 aromatic carbocycles. The molecule has 1 N–H and O–H groups in total. The van der Waals surface area contributed by atoms with Crippen LogP contribution in [0.3, 0.4) is 0 Å². The first-order valence-electron chi connectivity index (χ1n) is 9.44. The Bertz CT molecular complexity index is 583. The molecule has 1 aliphatic rings. The minimum absolute atomic E-state index is 0.0695. The van der Waals surface area contributed by atoms with Gasteiger partial charge in [-0.1, -0.05) is 13.3 Å². The average molecular weight is 362 g/mol. The van der Waals surface area contributed by atoms with E-state index in [0.29, 0.717) is 25.3 Å². The summed E-state index contributed by atoms with van der Waals surface area (Å²) in [6, 6.07) is 3.77. The Balaban J connectivity index is 1.82. The summed E-state index contributed by atoms with van der Waals surface area (Å²) in [5, 5.41) is 3.04. The maximum atomic E-state index is 12.4. The van der Waals surface area contributed by atoms with Crippen molar-refractivity contribution < 1.29 is 14.3 Å². The summed E-state index contributed by atoms with van der Waals surface area (Å²) in [4.78, 5) is 32.3. The molecule has 1 saturated heterocycles. The minimum Gasteiger partial charge on any atom is -0.450 e. The number of nitrogens with zero attached hydrogens (tertiary/aromatic N) is 3. The number of carbonyl (C=O) groups is 2. The third kappa shape index (κ3) is 5.61. The maximum absolute atomic E-state index is 12.4. The smallest absolute Gasteiger partial charge is 0.409 e. The van der Waals surface area contributed by atoms with Crippen LogP contribution in [0.5, 0.6) is 0 Å². The number of hydrogen-bond acceptors (Lipinski definition) is 5. The number of nitrogens with one attached hydrogen (secondary N) is 1. The first-order valence-corrected chi connectivity index (χ1v) is 9.44. The summed E-state index contributed by atoms with van der Waals surface area (Å²) in [7, 11) is 2.01. The largest absolute Gasteiger partial charge is 0.450 e. The third-order valence-electron chi connectivity index (χ3n) is 4.60. The Labute approximate surface area is 155 Å². The molecule has 7 heteroatoms. The van der Waals surface area contributed by atoms with E-state index in [9.17, 15) is 9.59 Å². The van der Waals surface area contributed by atoms with E-state index in [0.717, 1.165) is 38.0 Å². The van der Waals surface area contributed by atoms with Gasteiger partial charge in [0.05, 0.1) is 12.2 Å². The molecule has 0 unspecified atom stereocenters. The highest BCUT2D eigenvalue weighted by Gasteiger charge is 2.24. The number of aromatic nitrogens is 1. The summed E-state index contributed by atoms with van der Waals surface area (Å²) < 4.78 is 5.01. The van der Waals surface area contributed by atoms with E-state index in [-0.39, 0.29) is 18.0 Å². The number of piperidine rings is 1. The highest BCUT2D eigenvalue weighted by atomic mass is 16.6. The number of rotatable bonds is 7. The summed E-state index contributed by atoms with van der Waals surface area (Å²) in [5.74, 6) is 0.757. The summed E-state index contributed by atoms with van der Waals surface area (Å²) in [5.41, 5.74) is 0.561. The second-order valence-electron chi connectivity index (χ2n) is 6.61. The fourth-order valence-electron chi connectivity index (χ4n) is 2.95. The van der Waals surface area contributed by atoms with Gasteiger partial charge in [0.15, 0.2) is 0 Å². The number of pyridine rings is 1. The molecule has 1 fully saturated rings. The van der Waals surface area contributed by atoms with Crippen molar-refractivity contribution in [3.63, 3.8) is 0 Å². The van der Waals surface area contributed by atoms with E-state index >= 15 is 0 Å². The zero-order valence-electron chi connectivity index (χ0n) is 16.0. The van der Waals surface area contributed by atoms with Gasteiger partial charge in [-0.25, -0.2) is 9.78 Å². The highest BCUT2D eigenvalue weighted by molar-refractivity contribution is 5.94. The van der Waals surface area contributed by atoms with Crippen molar-refractivity contribution in [2.75, 3.05) is 38.2 Å². The zero-order valence-corrected chi connectivity index (χ0v) is 16.0. The van der Waals surface area contributed by atoms with Crippen molar-refractivity contribution >= 4 is 17.8 Å². The van der Waals surface area contributed by atoms with Crippen molar-refractivity contribution in [1.82, 2.24) is 15.2 Å². The molecular formula is C19H30N4O3. The van der Waals surface area contributed by atoms with Gasteiger partial charge in [-0.2, -0.15) is 0 Å². The lowest BCUT2D eigenvalue weighted by Gasteiger charge is -2.31. The molecule has 1 aromatic rings. The van der Waals surface area contributed by atoms with E-state index in [1.165, 1.54) is 0 Å². The number of likely N-dealkylation sites (tertiary alicyclic amines) is 1. The van der Waals surface area contributed by atoms with Crippen LogP contribution in [-0.2, 0) is 4.74 Å². The van der Waals surface area contributed by atoms with Crippen molar-refractivity contribution in [1.29, 1.82) is 0 Å². The summed E-state index contributed by atoms with van der Waals surface area (Å²) >= 11 is 0. The summed E-state index contributed by atoms with van der Waals surface area (Å²) in [6.45, 7) is 6.49. The van der Waals surface area contributed by atoms with Crippen molar-refractivity contribution in [2.24, 2.45) is 0 Å². The van der Waals surface area contributed by atoms with Gasteiger partial charge in [-0.3, -0.25) is 4.79 Å². The van der Waals surface area contributed by atoms with Crippen LogP contribution in [0.25, 0.3) is 0 Å². The zero-order chi connectivity index (χ0) is 18.9. The Morgan fingerprint density at radius 1 is 1.31 bits per heavy atom. The fraction of sp³-hybridized carbons (Fsp3) is 0.632. The number of anilines is 1. The van der Waals surface area contributed by atoms with Gasteiger partial charge in [0.2, 0.25) is 0 Å². The van der Waals surface area contributed by atoms with Crippen LogP contribution in [0.2, 0.25) is 0 Å². The Kier molecular flexibility index (Phi) is 7.69. The third-order valence-corrected chi connectivity index (χ3v) is 4.60. The van der Waals surface area contributed by atoms with Crippen molar-refractivity contribution in [3.05, 3.63) is 23.9 Å². The van der Waals surface area contributed by atoms with Gasteiger partial charge in [0.1, 0.15) is 5.82 Å². The molecule has 1 aromatic heterocycles. The Morgan fingerprint density at radius 2 is 2.04 bits per heavy atom. The SMILES string of the molecule is CCCCN(C)c1ccc(C(=O)NC2CCN(C(=O)OCC)CC2)cn1. The monoisotopic (exact) mass is 362 g/mol. The van der Waals surface area contributed by atoms with Crippen LogP contribution in [0.4, 0.5) is 10.6 Å². The maximum Gasteiger partial charge on any atom is 0.409 e. The molecule has 1 aliphatic heterocycles. The van der Waals surface area contributed by atoms with Gasteiger partial charge in [0, 0.05) is 38.9 Å². The standard InChI is InChI=1S/C19H30N4O3/c1-4-6-11-22(3)17-8-7-15(14-20-17)18(24)21-16-9-12-23(13-10-16)19(25)26-5-2/h7-8,14,16H,4-6,9-13H2,1-3H3,(H,21,24). The first-order chi connectivity index (χ1) is 12.5. The first kappa shape index (κ1) is 20.0. The van der Waals surface area contributed by atoms with Gasteiger partial charge in [-0.15, -0.1) is 0 Å². The lowest BCUT2D eigenvalue weighted by Crippen LogP contribution is -2.46. The average Bonchev–Trinajstić information content (AvgIpc) is 2.67. The van der Waals surface area contributed by atoms with Crippen LogP contribution in [-0.4, -0.2) is 61.2 Å². The predicted molar refractivity (Wildman–Crippen MR) is 101 cm³/mol. The second-order valence-corrected chi connectivity index (χ2v) is 6.61. The van der Waals surface area contributed by atoms with E-state index in [4.69, 9.17) is 4.74 Å². The predicted octanol–water partition coefficient (Wildman–Crippen LogP) is 2.67. The number of carbonyl (C=O) groups excluding carboxylic acids is 2. The Morgan fingerprint density at radius 3 is 2.62 bits per heavy atom. The quantitative estimate of drug-likeness (QED) is 0.807. The fourth-order valence-corrected chi connectivity index (χ4v) is 2.95. The lowest BCUT2D eigenvalue weighted by atomic mass is 10.0. The topological polar surface area (TPSA) is 74.8 Å². The van der Waals surface area contributed by atoms with Crippen LogP contribution in [0, 0.1) is 0 Å². The molecular weight excluding hydrogens is 332 g/mol. The molecule has 2 rings (SSSR count). The molecule has 0 spiro atoms. The molecule has 0 bridgehead atoms. The van der Waals surface area contributed by atoms with Crippen LogP contribution >= 0.6 is 0 Å². The lowest BCUT2D eigenvalue weighted by molar-refractivity contribution is 0.0860. The van der Waals surface area contributed by atoms with Crippen molar-refractivity contribution in [2.45, 2.75) is 45.6 Å². The second kappa shape index (κ2) is 9.99.